The first-order valence-electron chi connectivity index (χ1n) is 9.69. The lowest BCUT2D eigenvalue weighted by atomic mass is 10.1. The summed E-state index contributed by atoms with van der Waals surface area (Å²) in [7, 11) is -2.12. The Kier molecular flexibility index (Phi) is 5.88. The van der Waals surface area contributed by atoms with Crippen LogP contribution in [0.2, 0.25) is 0 Å². The lowest BCUT2D eigenvalue weighted by Gasteiger charge is -2.21. The predicted molar refractivity (Wildman–Crippen MR) is 120 cm³/mol. The van der Waals surface area contributed by atoms with Crippen LogP contribution in [0.4, 0.5) is 5.69 Å². The van der Waals surface area contributed by atoms with Crippen LogP contribution in [0.1, 0.15) is 28.9 Å². The van der Waals surface area contributed by atoms with E-state index in [2.05, 4.69) is 5.32 Å². The largest absolute Gasteiger partial charge is 0.486 e. The van der Waals surface area contributed by atoms with Crippen molar-refractivity contribution in [2.24, 2.45) is 0 Å². The van der Waals surface area contributed by atoms with Gasteiger partial charge in [-0.1, -0.05) is 12.1 Å². The molecule has 2 heterocycles. The summed E-state index contributed by atoms with van der Waals surface area (Å²) in [5.41, 5.74) is 1.82. The van der Waals surface area contributed by atoms with Crippen LogP contribution in [0.5, 0.6) is 11.5 Å². The molecule has 4 rings (SSSR count). The van der Waals surface area contributed by atoms with Crippen LogP contribution < -0.4 is 19.1 Å². The molecule has 0 saturated heterocycles. The molecule has 1 atom stereocenters. The Morgan fingerprint density at radius 3 is 2.45 bits per heavy atom. The van der Waals surface area contributed by atoms with E-state index < -0.39 is 10.0 Å². The highest BCUT2D eigenvalue weighted by Gasteiger charge is 2.22. The molecule has 0 saturated carbocycles. The molecule has 3 aromatic rings. The van der Waals surface area contributed by atoms with Crippen molar-refractivity contribution in [1.29, 1.82) is 0 Å². The number of thiophene rings is 1. The minimum absolute atomic E-state index is 0.245. The number of rotatable bonds is 6. The summed E-state index contributed by atoms with van der Waals surface area (Å²) in [5, 5.41) is 4.67. The normalized spacial score (nSPS) is 14.0. The lowest BCUT2D eigenvalue weighted by Crippen LogP contribution is -2.27. The molecule has 0 aliphatic carbocycles. The van der Waals surface area contributed by atoms with E-state index in [4.69, 9.17) is 9.47 Å². The quantitative estimate of drug-likeness (QED) is 0.607. The zero-order valence-electron chi connectivity index (χ0n) is 17.1. The van der Waals surface area contributed by atoms with Gasteiger partial charge in [0.25, 0.3) is 15.9 Å². The predicted octanol–water partition coefficient (Wildman–Crippen LogP) is 3.84. The Morgan fingerprint density at radius 2 is 1.77 bits per heavy atom. The summed E-state index contributed by atoms with van der Waals surface area (Å²) < 4.78 is 37.9. The van der Waals surface area contributed by atoms with Crippen LogP contribution >= 0.6 is 11.3 Å². The van der Waals surface area contributed by atoms with Crippen LogP contribution in [-0.2, 0) is 10.0 Å². The second kappa shape index (κ2) is 8.60. The molecule has 9 heteroatoms. The molecule has 1 aliphatic rings. The highest BCUT2D eigenvalue weighted by Crippen LogP contribution is 2.32. The van der Waals surface area contributed by atoms with Crippen molar-refractivity contribution in [3.63, 3.8) is 0 Å². The van der Waals surface area contributed by atoms with Gasteiger partial charge in [0.2, 0.25) is 0 Å². The van der Waals surface area contributed by atoms with E-state index in [0.717, 1.165) is 16.9 Å². The molecule has 1 aliphatic heterocycles. The number of hydrogen-bond acceptors (Lipinski definition) is 6. The minimum atomic E-state index is -3.62. The average Bonchev–Trinajstić information content (AvgIpc) is 3.34. The Bertz CT molecular complexity index is 1180. The molecular weight excluding hydrogens is 436 g/mol. The monoisotopic (exact) mass is 458 g/mol. The number of amides is 1. The first-order chi connectivity index (χ1) is 14.9. The zero-order chi connectivity index (χ0) is 22.0. The van der Waals surface area contributed by atoms with Gasteiger partial charge in [0.15, 0.2) is 11.5 Å². The maximum atomic E-state index is 12.7. The van der Waals surface area contributed by atoms with E-state index in [0.29, 0.717) is 36.0 Å². The van der Waals surface area contributed by atoms with E-state index in [1.807, 2.05) is 25.1 Å². The molecule has 0 unspecified atom stereocenters. The second-order valence-corrected chi connectivity index (χ2v) is 10.2. The number of nitrogens with one attached hydrogen (secondary N) is 1. The molecule has 0 bridgehead atoms. The van der Waals surface area contributed by atoms with Crippen LogP contribution in [0.15, 0.2) is 64.2 Å². The lowest BCUT2D eigenvalue weighted by molar-refractivity contribution is 0.0939. The van der Waals surface area contributed by atoms with Gasteiger partial charge in [0.1, 0.15) is 17.4 Å². The van der Waals surface area contributed by atoms with Crippen LogP contribution in [0.3, 0.4) is 0 Å². The third kappa shape index (κ3) is 4.38. The van der Waals surface area contributed by atoms with Crippen LogP contribution in [0, 0.1) is 0 Å². The second-order valence-electron chi connectivity index (χ2n) is 7.05. The van der Waals surface area contributed by atoms with E-state index >= 15 is 0 Å². The summed E-state index contributed by atoms with van der Waals surface area (Å²) in [4.78, 5) is 12.7. The van der Waals surface area contributed by atoms with E-state index in [-0.39, 0.29) is 16.2 Å². The molecule has 7 nitrogen and oxygen atoms in total. The zero-order valence-corrected chi connectivity index (χ0v) is 18.7. The summed E-state index contributed by atoms with van der Waals surface area (Å²) in [6, 6.07) is 15.1. The van der Waals surface area contributed by atoms with Gasteiger partial charge in [-0.3, -0.25) is 9.10 Å². The SMILES string of the molecule is C[C@@H](NC(=O)c1ccc(N(C)S(=O)(=O)c2cccs2)cc1)c1ccc2c(c1)OCCO2. The van der Waals surface area contributed by atoms with Crippen molar-refractivity contribution in [3.8, 4) is 11.5 Å². The molecule has 162 valence electrons. The number of hydrogen-bond donors (Lipinski definition) is 1. The number of ether oxygens (including phenoxy) is 2. The van der Waals surface area contributed by atoms with Gasteiger partial charge in [0.05, 0.1) is 11.7 Å². The molecular formula is C22H22N2O5S2. The van der Waals surface area contributed by atoms with Crippen molar-refractivity contribution in [1.82, 2.24) is 5.32 Å². The fourth-order valence-corrected chi connectivity index (χ4v) is 5.56. The smallest absolute Gasteiger partial charge is 0.273 e. The van der Waals surface area contributed by atoms with Crippen molar-refractivity contribution in [2.75, 3.05) is 24.6 Å². The number of anilines is 1. The summed E-state index contributed by atoms with van der Waals surface area (Å²) in [6.07, 6.45) is 0. The van der Waals surface area contributed by atoms with Gasteiger partial charge in [-0.2, -0.15) is 0 Å². The number of sulfonamides is 1. The van der Waals surface area contributed by atoms with E-state index in [1.165, 1.54) is 11.4 Å². The maximum absolute atomic E-state index is 12.7. The molecule has 2 aromatic carbocycles. The summed E-state index contributed by atoms with van der Waals surface area (Å²) in [6.45, 7) is 2.91. The molecule has 31 heavy (non-hydrogen) atoms. The Labute approximate surface area is 185 Å². The van der Waals surface area contributed by atoms with Crippen molar-refractivity contribution in [3.05, 3.63) is 71.1 Å². The van der Waals surface area contributed by atoms with Crippen LogP contribution in [0.25, 0.3) is 0 Å². The number of carbonyl (C=O) groups is 1. The maximum Gasteiger partial charge on any atom is 0.273 e. The first-order valence-corrected chi connectivity index (χ1v) is 12.0. The molecule has 1 amide bonds. The summed E-state index contributed by atoms with van der Waals surface area (Å²) in [5.74, 6) is 1.12. The Morgan fingerprint density at radius 1 is 1.06 bits per heavy atom. The molecule has 0 radical (unpaired) electrons. The van der Waals surface area contributed by atoms with Crippen molar-refractivity contribution in [2.45, 2.75) is 17.2 Å². The number of fused-ring (bicyclic) bond motifs is 1. The van der Waals surface area contributed by atoms with E-state index in [9.17, 15) is 13.2 Å². The van der Waals surface area contributed by atoms with Gasteiger partial charge >= 0.3 is 0 Å². The molecule has 1 aromatic heterocycles. The van der Waals surface area contributed by atoms with Gasteiger partial charge in [-0.25, -0.2) is 8.42 Å². The Balaban J connectivity index is 1.45. The molecule has 1 N–H and O–H groups in total. The van der Waals surface area contributed by atoms with Gasteiger partial charge in [-0.15, -0.1) is 11.3 Å². The average molecular weight is 459 g/mol. The number of benzene rings is 2. The number of nitrogens with zero attached hydrogens (tertiary/aromatic N) is 1. The fourth-order valence-electron chi connectivity index (χ4n) is 3.20. The van der Waals surface area contributed by atoms with Crippen LogP contribution in [-0.4, -0.2) is 34.6 Å². The Hall–Kier alpha value is -3.04. The highest BCUT2D eigenvalue weighted by molar-refractivity contribution is 7.94. The van der Waals surface area contributed by atoms with Gasteiger partial charge in [0, 0.05) is 12.6 Å². The van der Waals surface area contributed by atoms with Gasteiger partial charge < -0.3 is 14.8 Å². The highest BCUT2D eigenvalue weighted by atomic mass is 32.2. The number of carbonyl (C=O) groups excluding carboxylic acids is 1. The van der Waals surface area contributed by atoms with Gasteiger partial charge in [-0.05, 0) is 60.3 Å². The van der Waals surface area contributed by atoms with Crippen molar-refractivity contribution >= 4 is 33.0 Å². The topological polar surface area (TPSA) is 84.9 Å². The minimum Gasteiger partial charge on any atom is -0.486 e. The van der Waals surface area contributed by atoms with Crippen molar-refractivity contribution < 1.29 is 22.7 Å². The fraction of sp³-hybridized carbons (Fsp3) is 0.227. The third-order valence-corrected chi connectivity index (χ3v) is 8.18. The molecule has 0 fully saturated rings. The summed E-state index contributed by atoms with van der Waals surface area (Å²) >= 11 is 1.16. The molecule has 0 spiro atoms. The third-order valence-electron chi connectivity index (χ3n) is 5.02. The van der Waals surface area contributed by atoms with E-state index in [1.54, 1.807) is 41.8 Å². The first kappa shape index (κ1) is 21.2. The standard InChI is InChI=1S/C22H22N2O5S2/c1-15(17-7-10-19-20(14-17)29-12-11-28-19)23-22(25)16-5-8-18(9-6-16)24(2)31(26,27)21-4-3-13-30-21/h3-10,13-15H,11-12H2,1-2H3,(H,23,25)/t15-/m1/s1.